The molecule has 1 aromatic heterocycles. The zero-order chi connectivity index (χ0) is 9.68. The van der Waals surface area contributed by atoms with Crippen molar-refractivity contribution in [2.75, 3.05) is 5.75 Å². The van der Waals surface area contributed by atoms with Crippen LogP contribution >= 0.6 is 11.8 Å². The molecule has 72 valence electrons. The molecule has 0 fully saturated rings. The lowest BCUT2D eigenvalue weighted by molar-refractivity contribution is 0.271. The molecule has 0 saturated heterocycles. The fraction of sp³-hybridized carbons (Fsp3) is 0.444. The van der Waals surface area contributed by atoms with Crippen LogP contribution in [-0.2, 0) is 13.7 Å². The Balaban J connectivity index is 2.56. The van der Waals surface area contributed by atoms with Crippen LogP contribution in [0.5, 0.6) is 0 Å². The lowest BCUT2D eigenvalue weighted by Crippen LogP contribution is -1.97. The van der Waals surface area contributed by atoms with E-state index in [-0.39, 0.29) is 6.61 Å². The maximum absolute atomic E-state index is 8.92. The van der Waals surface area contributed by atoms with Gasteiger partial charge in [-0.25, -0.2) is 4.98 Å². The smallest absolute Gasteiger partial charge is 0.167 e. The molecule has 1 N–H and O–H groups in total. The molecule has 0 saturated carbocycles. The predicted molar refractivity (Wildman–Crippen MR) is 54.7 cm³/mol. The Bertz CT molecular complexity index is 283. The first-order valence-electron chi connectivity index (χ1n) is 4.14. The normalized spacial score (nSPS) is 10.3. The predicted octanol–water partition coefficient (Wildman–Crippen LogP) is 1.58. The topological polar surface area (TPSA) is 38.1 Å². The highest BCUT2D eigenvalue weighted by Gasteiger charge is 2.04. The molecule has 0 atom stereocenters. The van der Waals surface area contributed by atoms with Crippen molar-refractivity contribution in [3.8, 4) is 0 Å². The van der Waals surface area contributed by atoms with Gasteiger partial charge in [0.1, 0.15) is 0 Å². The Morgan fingerprint density at radius 1 is 1.77 bits per heavy atom. The highest BCUT2D eigenvalue weighted by molar-refractivity contribution is 7.99. The molecule has 13 heavy (non-hydrogen) atoms. The average molecular weight is 198 g/mol. The van der Waals surface area contributed by atoms with E-state index >= 15 is 0 Å². The highest BCUT2D eigenvalue weighted by atomic mass is 32.2. The van der Waals surface area contributed by atoms with Crippen molar-refractivity contribution in [3.63, 3.8) is 0 Å². The van der Waals surface area contributed by atoms with Gasteiger partial charge in [-0.1, -0.05) is 17.8 Å². The van der Waals surface area contributed by atoms with Gasteiger partial charge in [-0.3, -0.25) is 0 Å². The minimum absolute atomic E-state index is 0.0471. The van der Waals surface area contributed by atoms with E-state index < -0.39 is 0 Å². The summed E-state index contributed by atoms with van der Waals surface area (Å²) in [5, 5.41) is 9.87. The first kappa shape index (κ1) is 10.3. The van der Waals surface area contributed by atoms with Crippen LogP contribution in [0.25, 0.3) is 0 Å². The van der Waals surface area contributed by atoms with Gasteiger partial charge < -0.3 is 9.67 Å². The average Bonchev–Trinajstić information content (AvgIpc) is 2.48. The number of nitrogens with zero attached hydrogens (tertiary/aromatic N) is 2. The number of hydrogen-bond donors (Lipinski definition) is 1. The first-order chi connectivity index (χ1) is 6.29. The standard InChI is InChI=1S/C9H14N2OS/c1-3-4-5-13-9-10-6-8(7-12)11(9)2/h3,6,12H,1,4-5,7H2,2H3. The van der Waals surface area contributed by atoms with Gasteiger partial charge in [0.05, 0.1) is 18.5 Å². The minimum atomic E-state index is 0.0471. The summed E-state index contributed by atoms with van der Waals surface area (Å²) in [6.45, 7) is 3.70. The fourth-order valence-electron chi connectivity index (χ4n) is 0.940. The molecule has 0 aromatic carbocycles. The van der Waals surface area contributed by atoms with Gasteiger partial charge in [0.15, 0.2) is 5.16 Å². The third-order valence-electron chi connectivity index (χ3n) is 1.76. The second-order valence-electron chi connectivity index (χ2n) is 2.68. The van der Waals surface area contributed by atoms with E-state index in [0.29, 0.717) is 0 Å². The molecular formula is C9H14N2OS. The molecule has 0 bridgehead atoms. The Morgan fingerprint density at radius 3 is 3.08 bits per heavy atom. The van der Waals surface area contributed by atoms with Crippen molar-refractivity contribution in [3.05, 3.63) is 24.5 Å². The molecule has 0 aliphatic rings. The summed E-state index contributed by atoms with van der Waals surface area (Å²) in [4.78, 5) is 4.19. The molecule has 4 heteroatoms. The number of imidazole rings is 1. The largest absolute Gasteiger partial charge is 0.390 e. The van der Waals surface area contributed by atoms with Crippen molar-refractivity contribution >= 4 is 11.8 Å². The fourth-order valence-corrected chi connectivity index (χ4v) is 1.85. The van der Waals surface area contributed by atoms with Gasteiger partial charge in [0.25, 0.3) is 0 Å². The van der Waals surface area contributed by atoms with Crippen LogP contribution in [0, 0.1) is 0 Å². The number of aliphatic hydroxyl groups excluding tert-OH is 1. The van der Waals surface area contributed by atoms with Crippen molar-refractivity contribution in [2.45, 2.75) is 18.2 Å². The monoisotopic (exact) mass is 198 g/mol. The summed E-state index contributed by atoms with van der Waals surface area (Å²) in [6, 6.07) is 0. The Kier molecular flexibility index (Phi) is 4.05. The molecule has 0 radical (unpaired) electrons. The van der Waals surface area contributed by atoms with E-state index in [0.717, 1.165) is 23.0 Å². The zero-order valence-corrected chi connectivity index (χ0v) is 8.55. The summed E-state index contributed by atoms with van der Waals surface area (Å²) in [7, 11) is 1.91. The summed E-state index contributed by atoms with van der Waals surface area (Å²) in [5.41, 5.74) is 0.848. The van der Waals surface area contributed by atoms with Crippen molar-refractivity contribution in [2.24, 2.45) is 7.05 Å². The summed E-state index contributed by atoms with van der Waals surface area (Å²) in [5.74, 6) is 0.985. The maximum Gasteiger partial charge on any atom is 0.167 e. The Morgan fingerprint density at radius 2 is 2.54 bits per heavy atom. The van der Waals surface area contributed by atoms with Gasteiger partial charge in [-0.2, -0.15) is 0 Å². The van der Waals surface area contributed by atoms with Crippen LogP contribution in [-0.4, -0.2) is 20.4 Å². The third-order valence-corrected chi connectivity index (χ3v) is 2.83. The van der Waals surface area contributed by atoms with Crippen LogP contribution in [0.4, 0.5) is 0 Å². The third kappa shape index (κ3) is 2.60. The van der Waals surface area contributed by atoms with Crippen molar-refractivity contribution < 1.29 is 5.11 Å². The molecular weight excluding hydrogens is 184 g/mol. The molecule has 1 rings (SSSR count). The van der Waals surface area contributed by atoms with E-state index in [9.17, 15) is 0 Å². The first-order valence-corrected chi connectivity index (χ1v) is 5.13. The van der Waals surface area contributed by atoms with Gasteiger partial charge in [-0.05, 0) is 6.42 Å². The molecule has 1 aromatic rings. The van der Waals surface area contributed by atoms with Gasteiger partial charge >= 0.3 is 0 Å². The molecule has 0 aliphatic carbocycles. The SMILES string of the molecule is C=CCCSc1ncc(CO)n1C. The number of aliphatic hydroxyl groups is 1. The van der Waals surface area contributed by atoms with Crippen LogP contribution in [0.3, 0.4) is 0 Å². The summed E-state index contributed by atoms with van der Waals surface area (Å²) < 4.78 is 1.91. The Hall–Kier alpha value is -0.740. The molecule has 0 unspecified atom stereocenters. The van der Waals surface area contributed by atoms with Gasteiger partial charge in [-0.15, -0.1) is 6.58 Å². The van der Waals surface area contributed by atoms with Crippen LogP contribution in [0.2, 0.25) is 0 Å². The summed E-state index contributed by atoms with van der Waals surface area (Å²) in [6.07, 6.45) is 4.57. The number of thioether (sulfide) groups is 1. The number of aromatic nitrogens is 2. The van der Waals surface area contributed by atoms with E-state index in [1.165, 1.54) is 0 Å². The molecule has 3 nitrogen and oxygen atoms in total. The molecule has 0 amide bonds. The van der Waals surface area contributed by atoms with Crippen LogP contribution in [0.15, 0.2) is 24.0 Å². The van der Waals surface area contributed by atoms with Crippen molar-refractivity contribution in [1.29, 1.82) is 0 Å². The molecule has 0 spiro atoms. The number of rotatable bonds is 5. The van der Waals surface area contributed by atoms with Crippen molar-refractivity contribution in [1.82, 2.24) is 9.55 Å². The van der Waals surface area contributed by atoms with E-state index in [2.05, 4.69) is 11.6 Å². The highest BCUT2D eigenvalue weighted by Crippen LogP contribution is 2.17. The van der Waals surface area contributed by atoms with E-state index in [4.69, 9.17) is 5.11 Å². The van der Waals surface area contributed by atoms with Gasteiger partial charge in [0.2, 0.25) is 0 Å². The minimum Gasteiger partial charge on any atom is -0.390 e. The molecule has 1 heterocycles. The summed E-state index contributed by atoms with van der Waals surface area (Å²) >= 11 is 1.68. The second kappa shape index (κ2) is 5.09. The number of allylic oxidation sites excluding steroid dienone is 1. The zero-order valence-electron chi connectivity index (χ0n) is 7.73. The van der Waals surface area contributed by atoms with Crippen LogP contribution < -0.4 is 0 Å². The van der Waals surface area contributed by atoms with Crippen LogP contribution in [0.1, 0.15) is 12.1 Å². The van der Waals surface area contributed by atoms with E-state index in [1.807, 2.05) is 17.7 Å². The number of hydrogen-bond acceptors (Lipinski definition) is 3. The Labute approximate surface area is 82.5 Å². The van der Waals surface area contributed by atoms with E-state index in [1.54, 1.807) is 18.0 Å². The lowest BCUT2D eigenvalue weighted by atomic mass is 10.5. The maximum atomic E-state index is 8.92. The lowest BCUT2D eigenvalue weighted by Gasteiger charge is -2.01. The molecule has 0 aliphatic heterocycles. The second-order valence-corrected chi connectivity index (χ2v) is 3.74. The van der Waals surface area contributed by atoms with Gasteiger partial charge in [0, 0.05) is 12.8 Å². The quantitative estimate of drug-likeness (QED) is 0.443.